The van der Waals surface area contributed by atoms with E-state index in [1.54, 1.807) is 29.2 Å². The number of thioether (sulfide) groups is 1. The molecule has 2 aromatic rings. The van der Waals surface area contributed by atoms with Crippen LogP contribution in [0.25, 0.3) is 0 Å². The molecule has 0 aliphatic heterocycles. The van der Waals surface area contributed by atoms with Crippen molar-refractivity contribution < 1.29 is 4.74 Å². The predicted octanol–water partition coefficient (Wildman–Crippen LogP) is 4.07. The molecule has 0 spiro atoms. The minimum atomic E-state index is 0.635. The van der Waals surface area contributed by atoms with E-state index in [-0.39, 0.29) is 0 Å². The fourth-order valence-electron chi connectivity index (χ4n) is 1.34. The first kappa shape index (κ1) is 15.3. The van der Waals surface area contributed by atoms with E-state index in [2.05, 4.69) is 38.0 Å². The van der Waals surface area contributed by atoms with Gasteiger partial charge in [-0.1, -0.05) is 51.2 Å². The lowest BCUT2D eigenvalue weighted by atomic mass is 10.3. The maximum Gasteiger partial charge on any atom is 0.206 e. The van der Waals surface area contributed by atoms with Gasteiger partial charge < -0.3 is 10.1 Å². The van der Waals surface area contributed by atoms with Gasteiger partial charge in [-0.3, -0.25) is 0 Å². The van der Waals surface area contributed by atoms with Gasteiger partial charge in [-0.2, -0.15) is 0 Å². The van der Waals surface area contributed by atoms with Crippen molar-refractivity contribution >= 4 is 44.2 Å². The van der Waals surface area contributed by atoms with Gasteiger partial charge in [0.05, 0.1) is 6.61 Å². The molecule has 20 heavy (non-hydrogen) atoms. The van der Waals surface area contributed by atoms with Gasteiger partial charge in [0.1, 0.15) is 5.75 Å². The third kappa shape index (κ3) is 5.15. The van der Waals surface area contributed by atoms with Crippen molar-refractivity contribution in [2.24, 2.45) is 0 Å². The van der Waals surface area contributed by atoms with Gasteiger partial charge in [-0.25, -0.2) is 0 Å². The molecule has 0 saturated carbocycles. The number of hydrogen-bond donors (Lipinski definition) is 1. The van der Waals surface area contributed by atoms with Gasteiger partial charge >= 0.3 is 0 Å². The Morgan fingerprint density at radius 1 is 1.45 bits per heavy atom. The van der Waals surface area contributed by atoms with Crippen LogP contribution in [0.2, 0.25) is 0 Å². The molecule has 106 valence electrons. The smallest absolute Gasteiger partial charge is 0.206 e. The van der Waals surface area contributed by atoms with Gasteiger partial charge in [0, 0.05) is 16.8 Å². The molecule has 0 aliphatic rings. The summed E-state index contributed by atoms with van der Waals surface area (Å²) in [7, 11) is 0. The lowest BCUT2D eigenvalue weighted by Gasteiger charge is -2.04. The number of rotatable bonds is 8. The van der Waals surface area contributed by atoms with Gasteiger partial charge in [0.25, 0.3) is 0 Å². The van der Waals surface area contributed by atoms with Crippen molar-refractivity contribution in [2.45, 2.75) is 4.34 Å². The zero-order valence-corrected chi connectivity index (χ0v) is 13.9. The van der Waals surface area contributed by atoms with Crippen LogP contribution in [0.1, 0.15) is 0 Å². The maximum absolute atomic E-state index is 5.66. The zero-order valence-electron chi connectivity index (χ0n) is 10.7. The van der Waals surface area contributed by atoms with Crippen molar-refractivity contribution in [1.29, 1.82) is 0 Å². The lowest BCUT2D eigenvalue weighted by Crippen LogP contribution is -1.99. The molecular weight excluding hydrogens is 358 g/mol. The van der Waals surface area contributed by atoms with Crippen LogP contribution in [0.5, 0.6) is 5.75 Å². The molecule has 0 bridgehead atoms. The van der Waals surface area contributed by atoms with E-state index in [4.69, 9.17) is 4.74 Å². The number of aromatic nitrogens is 2. The molecule has 1 N–H and O–H groups in total. The van der Waals surface area contributed by atoms with Gasteiger partial charge in [-0.05, 0) is 18.2 Å². The number of benzene rings is 1. The highest BCUT2D eigenvalue weighted by atomic mass is 79.9. The number of anilines is 1. The molecule has 7 heteroatoms. The molecular formula is C13H14BrN3OS2. The standard InChI is InChI=1S/C13H14BrN3OS2/c1-2-6-15-12-16-17-13(20-12)19-8-7-18-11-5-3-4-10(14)9-11/h2-5,9H,1,6-8H2,(H,15,16). The summed E-state index contributed by atoms with van der Waals surface area (Å²) in [6.07, 6.45) is 1.79. The molecule has 0 unspecified atom stereocenters. The SMILES string of the molecule is C=CCNc1nnc(SCCOc2cccc(Br)c2)s1. The van der Waals surface area contributed by atoms with Gasteiger partial charge in [-0.15, -0.1) is 16.8 Å². The molecule has 0 saturated heterocycles. The summed E-state index contributed by atoms with van der Waals surface area (Å²) >= 11 is 6.60. The average Bonchev–Trinajstić information content (AvgIpc) is 2.89. The summed E-state index contributed by atoms with van der Waals surface area (Å²) in [6, 6.07) is 7.82. The fourth-order valence-corrected chi connectivity index (χ4v) is 3.37. The van der Waals surface area contributed by atoms with E-state index in [1.807, 2.05) is 24.3 Å². The summed E-state index contributed by atoms with van der Waals surface area (Å²) in [6.45, 7) is 4.98. The normalized spacial score (nSPS) is 10.2. The van der Waals surface area contributed by atoms with E-state index in [1.165, 1.54) is 0 Å². The highest BCUT2D eigenvalue weighted by molar-refractivity contribution is 9.10. The summed E-state index contributed by atoms with van der Waals surface area (Å²) in [5.41, 5.74) is 0. The molecule has 0 amide bonds. The van der Waals surface area contributed by atoms with Crippen LogP contribution in [0.3, 0.4) is 0 Å². The Balaban J connectivity index is 1.70. The molecule has 0 aliphatic carbocycles. The van der Waals surface area contributed by atoms with Crippen LogP contribution in [-0.4, -0.2) is 29.1 Å². The highest BCUT2D eigenvalue weighted by Gasteiger charge is 2.03. The van der Waals surface area contributed by atoms with Crippen LogP contribution in [0.15, 0.2) is 45.7 Å². The second-order valence-electron chi connectivity index (χ2n) is 3.70. The Bertz CT molecular complexity index is 562. The fraction of sp³-hybridized carbons (Fsp3) is 0.231. The first-order valence-corrected chi connectivity index (χ1v) is 8.57. The molecule has 0 fully saturated rings. The largest absolute Gasteiger partial charge is 0.493 e. The minimum absolute atomic E-state index is 0.635. The first-order valence-electron chi connectivity index (χ1n) is 5.97. The van der Waals surface area contributed by atoms with E-state index < -0.39 is 0 Å². The van der Waals surface area contributed by atoms with Crippen molar-refractivity contribution in [3.05, 3.63) is 41.4 Å². The van der Waals surface area contributed by atoms with Crippen LogP contribution in [0.4, 0.5) is 5.13 Å². The van der Waals surface area contributed by atoms with E-state index in [9.17, 15) is 0 Å². The van der Waals surface area contributed by atoms with E-state index >= 15 is 0 Å². The Hall–Kier alpha value is -1.05. The van der Waals surface area contributed by atoms with Crippen LogP contribution >= 0.6 is 39.0 Å². The highest BCUT2D eigenvalue weighted by Crippen LogP contribution is 2.25. The number of hydrogen-bond acceptors (Lipinski definition) is 6. The van der Waals surface area contributed by atoms with E-state index in [0.29, 0.717) is 13.2 Å². The van der Waals surface area contributed by atoms with E-state index in [0.717, 1.165) is 25.4 Å². The maximum atomic E-state index is 5.66. The molecule has 1 aromatic carbocycles. The quantitative estimate of drug-likeness (QED) is 0.430. The molecule has 2 rings (SSSR count). The van der Waals surface area contributed by atoms with Crippen LogP contribution in [-0.2, 0) is 0 Å². The van der Waals surface area contributed by atoms with Gasteiger partial charge in [0.15, 0.2) is 4.34 Å². The number of nitrogens with one attached hydrogen (secondary N) is 1. The Kier molecular flexibility index (Phi) is 6.35. The Labute approximate surface area is 134 Å². The van der Waals surface area contributed by atoms with Crippen LogP contribution in [0, 0.1) is 0 Å². The third-order valence-corrected chi connectivity index (χ3v) is 4.65. The summed E-state index contributed by atoms with van der Waals surface area (Å²) in [4.78, 5) is 0. The predicted molar refractivity (Wildman–Crippen MR) is 89.0 cm³/mol. The summed E-state index contributed by atoms with van der Waals surface area (Å²) in [5.74, 6) is 1.70. The molecule has 1 aromatic heterocycles. The van der Waals surface area contributed by atoms with Crippen molar-refractivity contribution in [2.75, 3.05) is 24.2 Å². The first-order chi connectivity index (χ1) is 9.78. The monoisotopic (exact) mass is 371 g/mol. The van der Waals surface area contributed by atoms with Crippen molar-refractivity contribution in [3.8, 4) is 5.75 Å². The Morgan fingerprint density at radius 2 is 2.35 bits per heavy atom. The lowest BCUT2D eigenvalue weighted by molar-refractivity contribution is 0.344. The van der Waals surface area contributed by atoms with Crippen LogP contribution < -0.4 is 10.1 Å². The summed E-state index contributed by atoms with van der Waals surface area (Å²) < 4.78 is 7.61. The second-order valence-corrected chi connectivity index (χ2v) is 6.93. The Morgan fingerprint density at radius 3 is 3.15 bits per heavy atom. The average molecular weight is 372 g/mol. The molecule has 0 radical (unpaired) electrons. The second kappa shape index (κ2) is 8.28. The number of halogens is 1. The number of nitrogens with zero attached hydrogens (tertiary/aromatic N) is 2. The molecule has 1 heterocycles. The summed E-state index contributed by atoms with van der Waals surface area (Å²) in [5, 5.41) is 12.1. The van der Waals surface area contributed by atoms with Gasteiger partial charge in [0.2, 0.25) is 5.13 Å². The topological polar surface area (TPSA) is 47.0 Å². The van der Waals surface area contributed by atoms with Crippen molar-refractivity contribution in [3.63, 3.8) is 0 Å². The molecule has 0 atom stereocenters. The third-order valence-electron chi connectivity index (χ3n) is 2.18. The zero-order chi connectivity index (χ0) is 14.2. The molecule has 4 nitrogen and oxygen atoms in total. The minimum Gasteiger partial charge on any atom is -0.493 e. The number of ether oxygens (including phenoxy) is 1. The van der Waals surface area contributed by atoms with Crippen molar-refractivity contribution in [1.82, 2.24) is 10.2 Å².